The fraction of sp³-hybridized carbons (Fsp3) is 0.290. The Kier molecular flexibility index (Phi) is 8.32. The van der Waals surface area contributed by atoms with Crippen molar-refractivity contribution in [3.63, 3.8) is 0 Å². The van der Waals surface area contributed by atoms with Gasteiger partial charge in [-0.1, -0.05) is 55.5 Å². The first-order valence-electron chi connectivity index (χ1n) is 13.2. The molecule has 1 aromatic heterocycles. The van der Waals surface area contributed by atoms with Crippen molar-refractivity contribution in [2.24, 2.45) is 0 Å². The van der Waals surface area contributed by atoms with Crippen molar-refractivity contribution >= 4 is 17.4 Å². The Labute approximate surface area is 231 Å². The van der Waals surface area contributed by atoms with Crippen molar-refractivity contribution in [2.45, 2.75) is 50.8 Å². The molecule has 3 aromatic carbocycles. The standard InChI is InChI=1S/C31H30F2N4OS/c1-2-19-11-12-20-9-6-10-27(25(20)13-19)35-18-28(38)29(22-14-23(32)16-24(33)15-22)36-31-26(17-34)30(39-37-31)21-7-4-3-5-8-21/h3-5,7-8,11-16,27-29,35,38H,2,6,9-10,18H2,1H3,(H,36,37). The van der Waals surface area contributed by atoms with Crippen molar-refractivity contribution in [3.05, 3.63) is 106 Å². The molecule has 3 atom stereocenters. The zero-order chi connectivity index (χ0) is 27.4. The zero-order valence-electron chi connectivity index (χ0n) is 21.6. The maximum atomic E-state index is 14.2. The van der Waals surface area contributed by atoms with E-state index in [-0.39, 0.29) is 24.0 Å². The molecule has 3 N–H and O–H groups in total. The number of aliphatic hydroxyl groups excluding tert-OH is 1. The van der Waals surface area contributed by atoms with Crippen LogP contribution in [0.1, 0.15) is 59.7 Å². The second-order valence-corrected chi connectivity index (χ2v) is 10.6. The maximum absolute atomic E-state index is 14.2. The first-order valence-corrected chi connectivity index (χ1v) is 13.9. The van der Waals surface area contributed by atoms with E-state index in [1.54, 1.807) is 0 Å². The minimum Gasteiger partial charge on any atom is -0.389 e. The molecule has 0 radical (unpaired) electrons. The number of hydrogen-bond donors (Lipinski definition) is 3. The van der Waals surface area contributed by atoms with Crippen LogP contribution in [0.15, 0.2) is 66.7 Å². The fourth-order valence-corrected chi connectivity index (χ4v) is 6.05. The Bertz CT molecular complexity index is 1460. The minimum atomic E-state index is -1.07. The molecular formula is C31H30F2N4OS. The quantitative estimate of drug-likeness (QED) is 0.218. The molecule has 0 bridgehead atoms. The van der Waals surface area contributed by atoms with Gasteiger partial charge in [0.2, 0.25) is 0 Å². The van der Waals surface area contributed by atoms with Gasteiger partial charge in [-0.2, -0.15) is 9.64 Å². The molecule has 200 valence electrons. The third kappa shape index (κ3) is 6.01. The number of halogens is 2. The molecule has 1 aliphatic rings. The van der Waals surface area contributed by atoms with E-state index in [9.17, 15) is 19.1 Å². The van der Waals surface area contributed by atoms with Gasteiger partial charge in [0.15, 0.2) is 5.82 Å². The highest BCUT2D eigenvalue weighted by Crippen LogP contribution is 2.36. The summed E-state index contributed by atoms with van der Waals surface area (Å²) in [5.74, 6) is -1.21. The van der Waals surface area contributed by atoms with Crippen LogP contribution in [0, 0.1) is 23.0 Å². The van der Waals surface area contributed by atoms with Gasteiger partial charge in [-0.25, -0.2) is 8.78 Å². The number of nitrogens with one attached hydrogen (secondary N) is 2. The van der Waals surface area contributed by atoms with Crippen LogP contribution in [0.5, 0.6) is 0 Å². The highest BCUT2D eigenvalue weighted by molar-refractivity contribution is 7.10. The Morgan fingerprint density at radius 2 is 1.87 bits per heavy atom. The predicted octanol–water partition coefficient (Wildman–Crippen LogP) is 6.70. The van der Waals surface area contributed by atoms with Gasteiger partial charge in [-0.05, 0) is 77.2 Å². The summed E-state index contributed by atoms with van der Waals surface area (Å²) in [7, 11) is 0. The molecule has 0 fully saturated rings. The second-order valence-electron chi connectivity index (χ2n) is 9.85. The molecule has 5 nitrogen and oxygen atoms in total. The van der Waals surface area contributed by atoms with E-state index in [4.69, 9.17) is 0 Å². The van der Waals surface area contributed by atoms with Crippen molar-refractivity contribution in [3.8, 4) is 16.5 Å². The SMILES string of the molecule is CCc1ccc2c(c1)C(NCC(O)C(Nc1nsc(-c3ccccc3)c1C#N)c1cc(F)cc(F)c1)CCC2. The third-order valence-corrected chi connectivity index (χ3v) is 8.16. The molecule has 8 heteroatoms. The first-order chi connectivity index (χ1) is 19.0. The van der Waals surface area contributed by atoms with Gasteiger partial charge in [0, 0.05) is 18.7 Å². The van der Waals surface area contributed by atoms with E-state index in [1.807, 2.05) is 30.3 Å². The molecule has 1 aliphatic carbocycles. The maximum Gasteiger partial charge on any atom is 0.158 e. The van der Waals surface area contributed by atoms with Crippen molar-refractivity contribution < 1.29 is 13.9 Å². The number of anilines is 1. The number of fused-ring (bicyclic) bond motifs is 1. The van der Waals surface area contributed by atoms with E-state index >= 15 is 0 Å². The molecule has 5 rings (SSSR count). The third-order valence-electron chi connectivity index (χ3n) is 7.27. The molecule has 0 spiro atoms. The van der Waals surface area contributed by atoms with Crippen LogP contribution in [0.2, 0.25) is 0 Å². The lowest BCUT2D eigenvalue weighted by atomic mass is 9.86. The largest absolute Gasteiger partial charge is 0.389 e. The second kappa shape index (κ2) is 12.0. The molecule has 1 heterocycles. The van der Waals surface area contributed by atoms with Crippen LogP contribution in [-0.2, 0) is 12.8 Å². The topological polar surface area (TPSA) is 81.0 Å². The number of rotatable bonds is 9. The number of aliphatic hydroxyl groups is 1. The molecule has 39 heavy (non-hydrogen) atoms. The van der Waals surface area contributed by atoms with E-state index < -0.39 is 23.8 Å². The van der Waals surface area contributed by atoms with Gasteiger partial charge >= 0.3 is 0 Å². The van der Waals surface area contributed by atoms with Gasteiger partial charge in [0.1, 0.15) is 23.3 Å². The minimum absolute atomic E-state index is 0.0680. The van der Waals surface area contributed by atoms with E-state index in [0.717, 1.165) is 48.8 Å². The van der Waals surface area contributed by atoms with E-state index in [0.29, 0.717) is 10.4 Å². The lowest BCUT2D eigenvalue weighted by Crippen LogP contribution is -2.38. The number of hydrogen-bond acceptors (Lipinski definition) is 6. The number of benzene rings is 3. The summed E-state index contributed by atoms with van der Waals surface area (Å²) < 4.78 is 32.9. The number of aromatic nitrogens is 1. The molecule has 4 aromatic rings. The van der Waals surface area contributed by atoms with Gasteiger partial charge in [0.25, 0.3) is 0 Å². The summed E-state index contributed by atoms with van der Waals surface area (Å²) >= 11 is 1.16. The summed E-state index contributed by atoms with van der Waals surface area (Å²) in [6.07, 6.45) is 2.87. The average molecular weight is 545 g/mol. The normalized spacial score (nSPS) is 16.2. The Hall–Kier alpha value is -3.64. The summed E-state index contributed by atoms with van der Waals surface area (Å²) in [6, 6.07) is 20.6. The smallest absolute Gasteiger partial charge is 0.158 e. The fourth-order valence-electron chi connectivity index (χ4n) is 5.24. The van der Waals surface area contributed by atoms with Gasteiger partial charge in [-0.3, -0.25) is 0 Å². The molecule has 3 unspecified atom stereocenters. The lowest BCUT2D eigenvalue weighted by Gasteiger charge is -2.30. The van der Waals surface area contributed by atoms with Crippen molar-refractivity contribution in [1.29, 1.82) is 5.26 Å². The Balaban J connectivity index is 1.42. The van der Waals surface area contributed by atoms with Crippen LogP contribution in [0.3, 0.4) is 0 Å². The number of nitriles is 1. The summed E-state index contributed by atoms with van der Waals surface area (Å²) in [4.78, 5) is 0.683. The van der Waals surface area contributed by atoms with Crippen LogP contribution in [-0.4, -0.2) is 22.1 Å². The van der Waals surface area contributed by atoms with Crippen molar-refractivity contribution in [1.82, 2.24) is 9.69 Å². The summed E-state index contributed by atoms with van der Waals surface area (Å²) in [6.45, 7) is 2.30. The highest BCUT2D eigenvalue weighted by atomic mass is 32.1. The number of nitrogens with zero attached hydrogens (tertiary/aromatic N) is 2. The Morgan fingerprint density at radius 1 is 1.10 bits per heavy atom. The average Bonchev–Trinajstić information content (AvgIpc) is 3.36. The van der Waals surface area contributed by atoms with Gasteiger partial charge in [-0.15, -0.1) is 0 Å². The van der Waals surface area contributed by atoms with Crippen molar-refractivity contribution in [2.75, 3.05) is 11.9 Å². The van der Waals surface area contributed by atoms with Crippen LogP contribution < -0.4 is 10.6 Å². The molecule has 0 saturated heterocycles. The monoisotopic (exact) mass is 544 g/mol. The predicted molar refractivity (Wildman–Crippen MR) is 150 cm³/mol. The highest BCUT2D eigenvalue weighted by Gasteiger charge is 2.28. The summed E-state index contributed by atoms with van der Waals surface area (Å²) in [5.41, 5.74) is 5.21. The molecular weight excluding hydrogens is 514 g/mol. The Morgan fingerprint density at radius 3 is 2.59 bits per heavy atom. The molecule has 0 amide bonds. The van der Waals surface area contributed by atoms with Crippen LogP contribution >= 0.6 is 11.5 Å². The molecule has 0 saturated carbocycles. The van der Waals surface area contributed by atoms with Gasteiger partial charge < -0.3 is 15.7 Å². The van der Waals surface area contributed by atoms with Gasteiger partial charge in [0.05, 0.1) is 17.0 Å². The zero-order valence-corrected chi connectivity index (χ0v) is 22.4. The first kappa shape index (κ1) is 26.9. The van der Waals surface area contributed by atoms with Crippen LogP contribution in [0.4, 0.5) is 14.6 Å². The molecule has 0 aliphatic heterocycles. The van der Waals surface area contributed by atoms with E-state index in [2.05, 4.69) is 46.2 Å². The van der Waals surface area contributed by atoms with E-state index in [1.165, 1.54) is 28.8 Å². The summed E-state index contributed by atoms with van der Waals surface area (Å²) in [5, 5.41) is 28.0. The van der Waals surface area contributed by atoms with Crippen LogP contribution in [0.25, 0.3) is 10.4 Å². The lowest BCUT2D eigenvalue weighted by molar-refractivity contribution is 0.144. The number of aryl methyl sites for hydroxylation is 2.